The number of nitrogens with zero attached hydrogens (tertiary/aromatic N) is 3. The van der Waals surface area contributed by atoms with E-state index in [0.717, 1.165) is 10.1 Å². The minimum atomic E-state index is -0.187. The van der Waals surface area contributed by atoms with E-state index in [9.17, 15) is 0 Å². The van der Waals surface area contributed by atoms with Crippen molar-refractivity contribution in [3.05, 3.63) is 22.9 Å². The number of thiazole rings is 1. The van der Waals surface area contributed by atoms with Gasteiger partial charge in [-0.15, -0.1) is 11.3 Å². The summed E-state index contributed by atoms with van der Waals surface area (Å²) in [7, 11) is 0. The fourth-order valence-corrected chi connectivity index (χ4v) is 2.39. The molecule has 0 aromatic carbocycles. The van der Waals surface area contributed by atoms with Gasteiger partial charge in [0.05, 0.1) is 5.54 Å². The maximum Gasteiger partial charge on any atom is 0.203 e. The summed E-state index contributed by atoms with van der Waals surface area (Å²) in [5.74, 6) is 0. The summed E-state index contributed by atoms with van der Waals surface area (Å²) in [5.41, 5.74) is -0.187. The molecule has 0 saturated carbocycles. The van der Waals surface area contributed by atoms with Crippen LogP contribution in [0.2, 0.25) is 0 Å². The van der Waals surface area contributed by atoms with Gasteiger partial charge in [0.15, 0.2) is 0 Å². The van der Waals surface area contributed by atoms with E-state index in [2.05, 4.69) is 33.5 Å². The van der Waals surface area contributed by atoms with Gasteiger partial charge >= 0.3 is 0 Å². The number of rotatable bonds is 3. The summed E-state index contributed by atoms with van der Waals surface area (Å²) < 4.78 is 3.94. The first-order chi connectivity index (χ1) is 6.68. The molecule has 0 atom stereocenters. The molecule has 2 rings (SSSR count). The van der Waals surface area contributed by atoms with Crippen molar-refractivity contribution in [3.63, 3.8) is 0 Å². The molecule has 2 aromatic rings. The maximum atomic E-state index is 4.28. The van der Waals surface area contributed by atoms with E-state index in [-0.39, 0.29) is 5.54 Å². The molecule has 2 aromatic heterocycles. The van der Waals surface area contributed by atoms with Crippen molar-refractivity contribution < 1.29 is 0 Å². The molecule has 0 bridgehead atoms. The highest BCUT2D eigenvalue weighted by atomic mass is 32.1. The molecule has 4 nitrogen and oxygen atoms in total. The minimum absolute atomic E-state index is 0.187. The van der Waals surface area contributed by atoms with Crippen molar-refractivity contribution in [2.24, 2.45) is 0 Å². The average Bonchev–Trinajstić information content (AvgIpc) is 2.71. The average molecular weight is 226 g/mol. The Kier molecular flexibility index (Phi) is 2.47. The summed E-state index contributed by atoms with van der Waals surface area (Å²) in [6.07, 6.45) is 3.36. The molecular formula is C8H10N4S2. The molecule has 0 aliphatic rings. The monoisotopic (exact) mass is 226 g/mol. The highest BCUT2D eigenvalue weighted by Crippen LogP contribution is 2.27. The van der Waals surface area contributed by atoms with Crippen LogP contribution < -0.4 is 5.32 Å². The Bertz CT molecular complexity index is 379. The Morgan fingerprint density at radius 3 is 2.79 bits per heavy atom. The molecule has 0 aliphatic carbocycles. The summed E-state index contributed by atoms with van der Waals surface area (Å²) in [6, 6.07) is 0. The lowest BCUT2D eigenvalue weighted by Gasteiger charge is -2.22. The number of hydrogen-bond acceptors (Lipinski definition) is 6. The number of aromatic nitrogens is 3. The molecule has 0 spiro atoms. The second kappa shape index (κ2) is 3.62. The van der Waals surface area contributed by atoms with E-state index in [0.29, 0.717) is 0 Å². The van der Waals surface area contributed by atoms with Crippen LogP contribution in [-0.4, -0.2) is 14.3 Å². The SMILES string of the molecule is CC(C)(Nc1ncns1)c1nccs1. The molecule has 0 radical (unpaired) electrons. The van der Waals surface area contributed by atoms with Crippen molar-refractivity contribution in [3.8, 4) is 0 Å². The zero-order chi connectivity index (χ0) is 10.0. The quantitative estimate of drug-likeness (QED) is 0.872. The summed E-state index contributed by atoms with van der Waals surface area (Å²) >= 11 is 2.99. The molecule has 0 saturated heterocycles. The first kappa shape index (κ1) is 9.54. The Hall–Kier alpha value is -1.01. The third kappa shape index (κ3) is 1.91. The van der Waals surface area contributed by atoms with Crippen LogP contribution in [0.1, 0.15) is 18.9 Å². The van der Waals surface area contributed by atoms with Crippen molar-refractivity contribution >= 4 is 28.0 Å². The van der Waals surface area contributed by atoms with Gasteiger partial charge in [0.25, 0.3) is 0 Å². The second-order valence-corrected chi connectivity index (χ2v) is 5.01. The zero-order valence-corrected chi connectivity index (χ0v) is 9.52. The lowest BCUT2D eigenvalue weighted by Crippen LogP contribution is -2.27. The molecule has 14 heavy (non-hydrogen) atoms. The molecule has 0 unspecified atom stereocenters. The first-order valence-corrected chi connectivity index (χ1v) is 5.78. The minimum Gasteiger partial charge on any atom is -0.349 e. The van der Waals surface area contributed by atoms with E-state index < -0.39 is 0 Å². The first-order valence-electron chi connectivity index (χ1n) is 4.13. The lowest BCUT2D eigenvalue weighted by molar-refractivity contribution is 0.603. The van der Waals surface area contributed by atoms with Gasteiger partial charge in [0.2, 0.25) is 5.13 Å². The van der Waals surface area contributed by atoms with E-state index in [1.807, 2.05) is 11.6 Å². The van der Waals surface area contributed by atoms with Crippen molar-refractivity contribution in [1.82, 2.24) is 14.3 Å². The van der Waals surface area contributed by atoms with Gasteiger partial charge in [-0.2, -0.15) is 4.37 Å². The lowest BCUT2D eigenvalue weighted by atomic mass is 10.1. The molecule has 1 N–H and O–H groups in total. The van der Waals surface area contributed by atoms with Crippen LogP contribution >= 0.6 is 22.9 Å². The van der Waals surface area contributed by atoms with Gasteiger partial charge in [-0.05, 0) is 13.8 Å². The van der Waals surface area contributed by atoms with Gasteiger partial charge in [-0.3, -0.25) is 0 Å². The van der Waals surface area contributed by atoms with E-state index in [4.69, 9.17) is 0 Å². The van der Waals surface area contributed by atoms with Gasteiger partial charge in [-0.25, -0.2) is 9.97 Å². The number of anilines is 1. The van der Waals surface area contributed by atoms with E-state index >= 15 is 0 Å². The normalized spacial score (nSPS) is 11.6. The predicted molar refractivity (Wildman–Crippen MR) is 58.7 cm³/mol. The van der Waals surface area contributed by atoms with Gasteiger partial charge in [0.1, 0.15) is 11.3 Å². The molecule has 0 aliphatic heterocycles. The van der Waals surface area contributed by atoms with Crippen molar-refractivity contribution in [1.29, 1.82) is 0 Å². The molecule has 6 heteroatoms. The summed E-state index contributed by atoms with van der Waals surface area (Å²) in [6.45, 7) is 4.15. The molecular weight excluding hydrogens is 216 g/mol. The third-order valence-corrected chi connectivity index (χ3v) is 3.42. The zero-order valence-electron chi connectivity index (χ0n) is 7.89. The fourth-order valence-electron chi connectivity index (χ4n) is 1.08. The smallest absolute Gasteiger partial charge is 0.203 e. The van der Waals surface area contributed by atoms with Crippen LogP contribution in [0.25, 0.3) is 0 Å². The van der Waals surface area contributed by atoms with Crippen LogP contribution in [-0.2, 0) is 5.54 Å². The van der Waals surface area contributed by atoms with Crippen LogP contribution in [0.3, 0.4) is 0 Å². The maximum absolute atomic E-state index is 4.28. The Balaban J connectivity index is 2.17. The number of nitrogens with one attached hydrogen (secondary N) is 1. The largest absolute Gasteiger partial charge is 0.349 e. The van der Waals surface area contributed by atoms with Gasteiger partial charge in [-0.1, -0.05) is 0 Å². The Morgan fingerprint density at radius 2 is 2.21 bits per heavy atom. The standard InChI is InChI=1S/C8H10N4S2/c1-8(2,6-9-3-4-13-6)12-7-10-5-11-14-7/h3-5H,1-2H3,(H,10,11,12). The number of hydrogen-bond donors (Lipinski definition) is 1. The van der Waals surface area contributed by atoms with E-state index in [1.165, 1.54) is 11.5 Å². The van der Waals surface area contributed by atoms with E-state index in [1.54, 1.807) is 17.7 Å². The highest BCUT2D eigenvalue weighted by Gasteiger charge is 2.23. The summed E-state index contributed by atoms with van der Waals surface area (Å²) in [5, 5.41) is 7.14. The second-order valence-electron chi connectivity index (χ2n) is 3.33. The third-order valence-electron chi connectivity index (χ3n) is 1.75. The van der Waals surface area contributed by atoms with Gasteiger partial charge < -0.3 is 5.32 Å². The Labute approximate surface area is 90.2 Å². The molecule has 0 amide bonds. The fraction of sp³-hybridized carbons (Fsp3) is 0.375. The highest BCUT2D eigenvalue weighted by molar-refractivity contribution is 7.10. The summed E-state index contributed by atoms with van der Waals surface area (Å²) in [4.78, 5) is 8.37. The van der Waals surface area contributed by atoms with Gasteiger partial charge in [0, 0.05) is 23.1 Å². The Morgan fingerprint density at radius 1 is 1.36 bits per heavy atom. The van der Waals surface area contributed by atoms with Crippen LogP contribution in [0.5, 0.6) is 0 Å². The molecule has 74 valence electrons. The van der Waals surface area contributed by atoms with Crippen molar-refractivity contribution in [2.75, 3.05) is 5.32 Å². The van der Waals surface area contributed by atoms with Crippen LogP contribution in [0.4, 0.5) is 5.13 Å². The molecule has 0 fully saturated rings. The predicted octanol–water partition coefficient (Wildman–Crippen LogP) is 2.34. The van der Waals surface area contributed by atoms with Crippen LogP contribution in [0, 0.1) is 0 Å². The van der Waals surface area contributed by atoms with Crippen molar-refractivity contribution in [2.45, 2.75) is 19.4 Å². The topological polar surface area (TPSA) is 50.7 Å². The van der Waals surface area contributed by atoms with Crippen LogP contribution in [0.15, 0.2) is 17.9 Å². The molecule has 2 heterocycles.